The highest BCUT2D eigenvalue weighted by molar-refractivity contribution is 6.33. The molecule has 1 saturated carbocycles. The molecule has 2 heterocycles. The minimum Gasteiger partial charge on any atom is -0.507 e. The molecule has 0 atom stereocenters. The van der Waals surface area contributed by atoms with Gasteiger partial charge < -0.3 is 20.5 Å². The van der Waals surface area contributed by atoms with Gasteiger partial charge in [0.2, 0.25) is 0 Å². The predicted octanol–water partition coefficient (Wildman–Crippen LogP) is 5.59. The van der Waals surface area contributed by atoms with Crippen LogP contribution < -0.4 is 15.4 Å². The lowest BCUT2D eigenvalue weighted by Crippen LogP contribution is -2.31. The predicted molar refractivity (Wildman–Crippen MR) is 144 cm³/mol. The third-order valence-corrected chi connectivity index (χ3v) is 6.89. The van der Waals surface area contributed by atoms with Gasteiger partial charge in [-0.25, -0.2) is 9.78 Å². The quantitative estimate of drug-likeness (QED) is 0.267. The number of ether oxygens (including phenoxy) is 1. The van der Waals surface area contributed by atoms with Gasteiger partial charge in [-0.1, -0.05) is 30.2 Å². The summed E-state index contributed by atoms with van der Waals surface area (Å²) >= 11 is 6.01. The number of nitrogens with zero attached hydrogens (tertiary/aromatic N) is 3. The van der Waals surface area contributed by atoms with E-state index in [0.29, 0.717) is 23.5 Å². The van der Waals surface area contributed by atoms with E-state index >= 15 is 0 Å². The van der Waals surface area contributed by atoms with Gasteiger partial charge in [0.15, 0.2) is 0 Å². The van der Waals surface area contributed by atoms with Crippen LogP contribution in [0.25, 0.3) is 11.3 Å². The fraction of sp³-hybridized carbons (Fsp3) is 0.214. The molecule has 0 radical (unpaired) electrons. The van der Waals surface area contributed by atoms with Gasteiger partial charge in [-0.3, -0.25) is 4.79 Å². The van der Waals surface area contributed by atoms with E-state index in [1.54, 1.807) is 31.4 Å². The van der Waals surface area contributed by atoms with Gasteiger partial charge in [0.25, 0.3) is 5.91 Å². The lowest BCUT2D eigenvalue weighted by molar-refractivity contribution is 0.102. The molecule has 2 aromatic heterocycles. The van der Waals surface area contributed by atoms with Gasteiger partial charge >= 0.3 is 6.03 Å². The Morgan fingerprint density at radius 1 is 1.13 bits per heavy atom. The summed E-state index contributed by atoms with van der Waals surface area (Å²) in [5.41, 5.74) is 3.26. The van der Waals surface area contributed by atoms with Crippen molar-refractivity contribution < 1.29 is 19.4 Å². The first-order valence-corrected chi connectivity index (χ1v) is 12.6. The molecule has 9 nitrogen and oxygen atoms in total. The summed E-state index contributed by atoms with van der Waals surface area (Å²) in [5.74, 6) is 0.451. The van der Waals surface area contributed by atoms with Crippen molar-refractivity contribution in [1.29, 1.82) is 0 Å². The number of hydrogen-bond acceptors (Lipinski definition) is 6. The van der Waals surface area contributed by atoms with Gasteiger partial charge in [-0.2, -0.15) is 9.78 Å². The molecule has 1 fully saturated rings. The SMILES string of the molecule is COc1ccc(CNC(=O)n2nc(-c3ccc(NC(=O)c4cccnc4Cl)cc3O)cc2C2CCC2)cc1. The summed E-state index contributed by atoms with van der Waals surface area (Å²) in [4.78, 5) is 29.6. The van der Waals surface area contributed by atoms with Crippen LogP contribution in [0.5, 0.6) is 11.5 Å². The number of aromatic nitrogens is 3. The second kappa shape index (κ2) is 10.9. The number of methoxy groups -OCH3 is 1. The second-order valence-corrected chi connectivity index (χ2v) is 9.39. The van der Waals surface area contributed by atoms with Crippen molar-refractivity contribution in [2.75, 3.05) is 12.4 Å². The maximum absolute atomic E-state index is 13.1. The average molecular weight is 532 g/mol. The highest BCUT2D eigenvalue weighted by Gasteiger charge is 2.27. The molecule has 0 spiro atoms. The molecule has 10 heteroatoms. The molecular weight excluding hydrogens is 506 g/mol. The summed E-state index contributed by atoms with van der Waals surface area (Å²) in [5, 5.41) is 21.0. The Morgan fingerprint density at radius 3 is 2.58 bits per heavy atom. The lowest BCUT2D eigenvalue weighted by Gasteiger charge is -2.25. The highest BCUT2D eigenvalue weighted by atomic mass is 35.5. The Kier molecular flexibility index (Phi) is 7.28. The average Bonchev–Trinajstić information content (AvgIpc) is 3.31. The van der Waals surface area contributed by atoms with E-state index in [0.717, 1.165) is 36.3 Å². The first-order valence-electron chi connectivity index (χ1n) is 12.2. The highest BCUT2D eigenvalue weighted by Crippen LogP contribution is 2.39. The normalized spacial score (nSPS) is 13.0. The van der Waals surface area contributed by atoms with Crippen molar-refractivity contribution in [3.63, 3.8) is 0 Å². The molecule has 0 aliphatic heterocycles. The molecule has 38 heavy (non-hydrogen) atoms. The van der Waals surface area contributed by atoms with E-state index < -0.39 is 5.91 Å². The second-order valence-electron chi connectivity index (χ2n) is 9.03. The van der Waals surface area contributed by atoms with Gasteiger partial charge in [-0.05, 0) is 60.9 Å². The molecule has 4 aromatic rings. The summed E-state index contributed by atoms with van der Waals surface area (Å²) in [7, 11) is 1.61. The maximum Gasteiger partial charge on any atom is 0.342 e. The number of hydrogen-bond donors (Lipinski definition) is 3. The van der Waals surface area contributed by atoms with Crippen LogP contribution in [-0.2, 0) is 6.54 Å². The number of benzene rings is 2. The van der Waals surface area contributed by atoms with Crippen molar-refractivity contribution in [1.82, 2.24) is 20.1 Å². The van der Waals surface area contributed by atoms with E-state index in [2.05, 4.69) is 20.7 Å². The van der Waals surface area contributed by atoms with Crippen LogP contribution in [0.3, 0.4) is 0 Å². The third kappa shape index (κ3) is 5.33. The largest absolute Gasteiger partial charge is 0.507 e. The number of amides is 2. The van der Waals surface area contributed by atoms with Crippen molar-refractivity contribution in [2.45, 2.75) is 31.7 Å². The number of carbonyl (C=O) groups excluding carboxylic acids is 2. The summed E-state index contributed by atoms with van der Waals surface area (Å²) in [6.07, 6.45) is 4.55. The van der Waals surface area contributed by atoms with Gasteiger partial charge in [0.05, 0.1) is 24.1 Å². The summed E-state index contributed by atoms with van der Waals surface area (Å²) in [6.45, 7) is 0.336. The standard InChI is InChI=1S/C28H26ClN5O4/c1-38-20-10-7-17(8-11-20)16-31-28(37)34-24(18-4-2-5-18)15-23(33-34)21-12-9-19(14-25(21)35)32-27(36)22-6-3-13-30-26(22)29/h3,6-15,18,35H,2,4-5,16H2,1H3,(H,31,37)(H,32,36). The van der Waals surface area contributed by atoms with E-state index in [9.17, 15) is 14.7 Å². The van der Waals surface area contributed by atoms with Crippen LogP contribution >= 0.6 is 11.6 Å². The van der Waals surface area contributed by atoms with Crippen molar-refractivity contribution in [3.8, 4) is 22.8 Å². The fourth-order valence-corrected chi connectivity index (χ4v) is 4.47. The van der Waals surface area contributed by atoms with E-state index in [1.807, 2.05) is 30.3 Å². The number of nitrogens with one attached hydrogen (secondary N) is 2. The topological polar surface area (TPSA) is 118 Å². The molecule has 2 aromatic carbocycles. The summed E-state index contributed by atoms with van der Waals surface area (Å²) < 4.78 is 6.57. The molecular formula is C28H26ClN5O4. The summed E-state index contributed by atoms with van der Waals surface area (Å²) in [6, 6.07) is 16.9. The zero-order valence-corrected chi connectivity index (χ0v) is 21.4. The molecule has 0 unspecified atom stereocenters. The third-order valence-electron chi connectivity index (χ3n) is 6.59. The zero-order valence-electron chi connectivity index (χ0n) is 20.6. The number of carbonyl (C=O) groups is 2. The number of pyridine rings is 1. The van der Waals surface area contributed by atoms with Crippen LogP contribution in [-0.4, -0.2) is 38.9 Å². The molecule has 0 bridgehead atoms. The Labute approximate surface area is 224 Å². The Bertz CT molecular complexity index is 1480. The Morgan fingerprint density at radius 2 is 1.92 bits per heavy atom. The van der Waals surface area contributed by atoms with Crippen molar-refractivity contribution >= 4 is 29.2 Å². The molecule has 1 aliphatic rings. The Hall–Kier alpha value is -4.37. The van der Waals surface area contributed by atoms with Crippen LogP contribution in [0.15, 0.2) is 66.9 Å². The van der Waals surface area contributed by atoms with Gasteiger partial charge in [-0.15, -0.1) is 0 Å². The molecule has 2 amide bonds. The van der Waals surface area contributed by atoms with E-state index in [-0.39, 0.29) is 28.4 Å². The molecule has 0 saturated heterocycles. The Balaban J connectivity index is 1.35. The van der Waals surface area contributed by atoms with Crippen molar-refractivity contribution in [2.24, 2.45) is 0 Å². The molecule has 1 aliphatic carbocycles. The smallest absolute Gasteiger partial charge is 0.342 e. The van der Waals surface area contributed by atoms with E-state index in [1.165, 1.54) is 16.9 Å². The molecule has 3 N–H and O–H groups in total. The number of halogens is 1. The number of phenols is 1. The van der Waals surface area contributed by atoms with Crippen LogP contribution in [0.2, 0.25) is 5.15 Å². The zero-order chi connectivity index (χ0) is 26.6. The number of phenolic OH excluding ortho intramolecular Hbond substituents is 1. The number of rotatable bonds is 7. The van der Waals surface area contributed by atoms with Crippen LogP contribution in [0.4, 0.5) is 10.5 Å². The minimum atomic E-state index is -0.444. The van der Waals surface area contributed by atoms with Crippen LogP contribution in [0, 0.1) is 0 Å². The molecule has 5 rings (SSSR count). The van der Waals surface area contributed by atoms with Gasteiger partial charge in [0.1, 0.15) is 16.7 Å². The molecule has 194 valence electrons. The first-order chi connectivity index (χ1) is 18.4. The fourth-order valence-electron chi connectivity index (χ4n) is 4.26. The van der Waals surface area contributed by atoms with E-state index in [4.69, 9.17) is 16.3 Å². The van der Waals surface area contributed by atoms with Crippen molar-refractivity contribution in [3.05, 3.63) is 88.8 Å². The lowest BCUT2D eigenvalue weighted by atomic mass is 9.82. The number of anilines is 1. The number of aromatic hydroxyl groups is 1. The monoisotopic (exact) mass is 531 g/mol. The minimum absolute atomic E-state index is 0.0801. The first kappa shape index (κ1) is 25.3. The van der Waals surface area contributed by atoms with Gasteiger partial charge in [0, 0.05) is 36.0 Å². The maximum atomic E-state index is 13.1. The van der Waals surface area contributed by atoms with Crippen LogP contribution in [0.1, 0.15) is 46.8 Å².